The number of nitrogens with zero attached hydrogens (tertiary/aromatic N) is 3. The summed E-state index contributed by atoms with van der Waals surface area (Å²) >= 11 is 0. The van der Waals surface area contributed by atoms with Crippen molar-refractivity contribution in [3.05, 3.63) is 35.9 Å². The Kier molecular flexibility index (Phi) is 19.9. The number of benzene rings is 1. The molecule has 1 aromatic carbocycles. The highest BCUT2D eigenvalue weighted by Crippen LogP contribution is 2.30. The fraction of sp³-hybridized carbons (Fsp3) is 0.762. The summed E-state index contributed by atoms with van der Waals surface area (Å²) in [6.45, 7) is 14.6. The largest absolute Gasteiger partial charge is 0.379 e. The van der Waals surface area contributed by atoms with Crippen LogP contribution in [0.15, 0.2) is 30.3 Å². The van der Waals surface area contributed by atoms with Crippen LogP contribution in [-0.4, -0.2) is 147 Å². The number of carbonyl (C=O) groups is 4. The Morgan fingerprint density at radius 2 is 1.64 bits per heavy atom. The molecule has 314 valence electrons. The summed E-state index contributed by atoms with van der Waals surface area (Å²) in [5, 5.41) is 20.6. The highest BCUT2D eigenvalue weighted by Gasteiger charge is 2.44. The van der Waals surface area contributed by atoms with Crippen LogP contribution in [0.25, 0.3) is 0 Å². The van der Waals surface area contributed by atoms with Crippen LogP contribution in [0.1, 0.15) is 79.7 Å². The third-order valence-electron chi connectivity index (χ3n) is 11.6. The summed E-state index contributed by atoms with van der Waals surface area (Å²) in [7, 11) is 10.5. The van der Waals surface area contributed by atoms with Gasteiger partial charge in [-0.15, -0.1) is 0 Å². The number of methoxy groups -OCH3 is 2. The predicted molar refractivity (Wildman–Crippen MR) is 217 cm³/mol. The average molecular weight is 775 g/mol. The summed E-state index contributed by atoms with van der Waals surface area (Å²) < 4.78 is 12.0. The molecular formula is C42H74N6O7. The van der Waals surface area contributed by atoms with Crippen molar-refractivity contribution in [2.45, 2.75) is 129 Å². The van der Waals surface area contributed by atoms with Gasteiger partial charge in [0, 0.05) is 40.8 Å². The fourth-order valence-corrected chi connectivity index (χ4v) is 8.50. The van der Waals surface area contributed by atoms with Gasteiger partial charge in [0.15, 0.2) is 0 Å². The van der Waals surface area contributed by atoms with E-state index >= 15 is 0 Å². The molecule has 0 saturated carbocycles. The van der Waals surface area contributed by atoms with Crippen LogP contribution >= 0.6 is 0 Å². The molecule has 55 heavy (non-hydrogen) atoms. The van der Waals surface area contributed by atoms with Crippen molar-refractivity contribution in [2.75, 3.05) is 55.5 Å². The average Bonchev–Trinajstić information content (AvgIpc) is 3.63. The van der Waals surface area contributed by atoms with E-state index < -0.39 is 42.0 Å². The van der Waals surface area contributed by atoms with Crippen LogP contribution in [-0.2, 0) is 35.1 Å². The molecule has 10 atom stereocenters. The fourth-order valence-electron chi connectivity index (χ4n) is 8.50. The van der Waals surface area contributed by atoms with Gasteiger partial charge in [0.1, 0.15) is 18.1 Å². The summed E-state index contributed by atoms with van der Waals surface area (Å²) in [5.41, 5.74) is -0.252. The number of aliphatic hydroxyl groups excluding tert-OH is 1. The van der Waals surface area contributed by atoms with Crippen LogP contribution in [0, 0.1) is 23.7 Å². The number of rotatable bonds is 24. The van der Waals surface area contributed by atoms with Gasteiger partial charge in [0.25, 0.3) is 0 Å². The number of aliphatic hydroxyl groups is 1. The van der Waals surface area contributed by atoms with Gasteiger partial charge >= 0.3 is 0 Å². The van der Waals surface area contributed by atoms with Gasteiger partial charge < -0.3 is 44.7 Å². The van der Waals surface area contributed by atoms with Gasteiger partial charge in [-0.25, -0.2) is 0 Å². The highest BCUT2D eigenvalue weighted by atomic mass is 16.5. The number of likely N-dealkylation sites (N-methyl/N-ethyl adjacent to an activating group) is 3. The van der Waals surface area contributed by atoms with E-state index in [4.69, 9.17) is 9.47 Å². The monoisotopic (exact) mass is 775 g/mol. The van der Waals surface area contributed by atoms with Crippen molar-refractivity contribution in [2.24, 2.45) is 23.7 Å². The normalized spacial score (nSPS) is 20.3. The van der Waals surface area contributed by atoms with Crippen molar-refractivity contribution in [3.8, 4) is 0 Å². The lowest BCUT2D eigenvalue weighted by Crippen LogP contribution is -2.61. The van der Waals surface area contributed by atoms with Gasteiger partial charge in [0.2, 0.25) is 17.7 Å². The van der Waals surface area contributed by atoms with Crippen molar-refractivity contribution >= 4 is 24.0 Å². The second kappa shape index (κ2) is 22.7. The van der Waals surface area contributed by atoms with Gasteiger partial charge in [-0.2, -0.15) is 0 Å². The van der Waals surface area contributed by atoms with Gasteiger partial charge in [-0.1, -0.05) is 85.2 Å². The van der Waals surface area contributed by atoms with Crippen LogP contribution in [0.5, 0.6) is 0 Å². The molecule has 13 heteroatoms. The number of ether oxygens (including phenoxy) is 2. The molecule has 1 saturated heterocycles. The van der Waals surface area contributed by atoms with E-state index in [1.54, 1.807) is 45.0 Å². The second-order valence-corrected chi connectivity index (χ2v) is 16.6. The Morgan fingerprint density at radius 1 is 1.00 bits per heavy atom. The maximum Gasteiger partial charge on any atom is 0.240 e. The van der Waals surface area contributed by atoms with E-state index in [1.165, 1.54) is 0 Å². The Hall–Kier alpha value is -2.94. The SMILES string of the molecule is CCC(C)[C@@H]([C@@H](CC(=O)N1CCC[C@H]1[C@H](OC)[C@@H](C)C(=O)NC(C=O)(CNC)Cc1ccccc1)OC)N(C)C(=O)[C@@H](NC(O)[C@H](C(C)C)N(C)C)C(C)C. The molecule has 1 aromatic rings. The Morgan fingerprint density at radius 3 is 2.13 bits per heavy atom. The van der Waals surface area contributed by atoms with E-state index in [9.17, 15) is 24.3 Å². The standard InChI is InChI=1S/C42H74N6O7/c1-14-29(6)37(47(11)41(53)35(27(2)3)44-40(52)36(28(4)5)46(9)10)33(54-12)23-34(50)48-22-18-21-32(48)38(55-13)30(7)39(51)45-42(26-49,25-43-8)24-31-19-16-15-17-20-31/h15-17,19-20,26-30,32-33,35-38,40,43-44,52H,14,18,21-25H2,1-13H3,(H,45,51)/t29?,30-,32+,33-,35+,36+,37+,38-,40?,42?/m1/s1. The van der Waals surface area contributed by atoms with Crippen LogP contribution in [0.2, 0.25) is 0 Å². The van der Waals surface area contributed by atoms with Crippen LogP contribution in [0.4, 0.5) is 0 Å². The molecule has 1 aliphatic rings. The molecule has 1 fully saturated rings. The number of likely N-dealkylation sites (tertiary alicyclic amines) is 1. The van der Waals surface area contributed by atoms with Gasteiger partial charge in [-0.05, 0) is 57.3 Å². The number of aldehydes is 1. The van der Waals surface area contributed by atoms with Gasteiger partial charge in [0.05, 0.1) is 48.7 Å². The third kappa shape index (κ3) is 12.8. The summed E-state index contributed by atoms with van der Waals surface area (Å²) in [4.78, 5) is 60.5. The molecule has 3 amide bonds. The number of carbonyl (C=O) groups excluding carboxylic acids is 4. The zero-order valence-corrected chi connectivity index (χ0v) is 36.0. The minimum Gasteiger partial charge on any atom is -0.379 e. The lowest BCUT2D eigenvalue weighted by molar-refractivity contribution is -0.148. The lowest BCUT2D eigenvalue weighted by atomic mass is 9.88. The molecule has 0 radical (unpaired) electrons. The van der Waals surface area contributed by atoms with E-state index in [-0.39, 0.29) is 60.5 Å². The molecule has 1 aliphatic heterocycles. The zero-order chi connectivity index (χ0) is 41.6. The quantitative estimate of drug-likeness (QED) is 0.0912. The van der Waals surface area contributed by atoms with E-state index in [1.807, 2.05) is 77.0 Å². The minimum absolute atomic E-state index is 0.00831. The van der Waals surface area contributed by atoms with Crippen LogP contribution < -0.4 is 16.0 Å². The molecule has 4 N–H and O–H groups in total. The molecule has 13 nitrogen and oxygen atoms in total. The Balaban J connectivity index is 2.31. The smallest absolute Gasteiger partial charge is 0.240 e. The third-order valence-corrected chi connectivity index (χ3v) is 11.6. The minimum atomic E-state index is -1.17. The highest BCUT2D eigenvalue weighted by molar-refractivity contribution is 5.85. The maximum absolute atomic E-state index is 14.3. The van der Waals surface area contributed by atoms with E-state index in [0.29, 0.717) is 19.4 Å². The summed E-state index contributed by atoms with van der Waals surface area (Å²) in [5.74, 6) is -1.31. The van der Waals surface area contributed by atoms with Crippen molar-refractivity contribution < 1.29 is 33.8 Å². The first kappa shape index (κ1) is 48.2. The second-order valence-electron chi connectivity index (χ2n) is 16.6. The lowest BCUT2D eigenvalue weighted by Gasteiger charge is -2.42. The predicted octanol–water partition coefficient (Wildman–Crippen LogP) is 2.94. The molecule has 0 spiro atoms. The molecule has 0 aliphatic carbocycles. The number of hydrogen-bond donors (Lipinski definition) is 4. The Bertz CT molecular complexity index is 1320. The first-order valence-electron chi connectivity index (χ1n) is 20.1. The molecule has 1 heterocycles. The molecule has 0 aromatic heterocycles. The van der Waals surface area contributed by atoms with Crippen molar-refractivity contribution in [1.29, 1.82) is 0 Å². The summed E-state index contributed by atoms with van der Waals surface area (Å²) in [6, 6.07) is 7.87. The van der Waals surface area contributed by atoms with Crippen molar-refractivity contribution in [1.82, 2.24) is 30.7 Å². The molecule has 0 bridgehead atoms. The maximum atomic E-state index is 14.3. The zero-order valence-electron chi connectivity index (χ0n) is 36.0. The molecule has 2 rings (SSSR count). The number of nitrogens with one attached hydrogen (secondary N) is 3. The van der Waals surface area contributed by atoms with E-state index in [2.05, 4.69) is 29.8 Å². The number of amides is 3. The van der Waals surface area contributed by atoms with Crippen molar-refractivity contribution in [3.63, 3.8) is 0 Å². The van der Waals surface area contributed by atoms with Gasteiger partial charge in [-0.3, -0.25) is 19.7 Å². The first-order valence-corrected chi connectivity index (χ1v) is 20.1. The molecular weight excluding hydrogens is 700 g/mol. The van der Waals surface area contributed by atoms with Crippen LogP contribution in [0.3, 0.4) is 0 Å². The number of hydrogen-bond acceptors (Lipinski definition) is 10. The first-order chi connectivity index (χ1) is 25.9. The Labute approximate surface area is 331 Å². The topological polar surface area (TPSA) is 153 Å². The summed E-state index contributed by atoms with van der Waals surface area (Å²) in [6.07, 6.45) is 1.11. The molecule has 3 unspecified atom stereocenters. The van der Waals surface area contributed by atoms with E-state index in [0.717, 1.165) is 24.7 Å².